The Labute approximate surface area is 215 Å². The number of halogens is 2. The lowest BCUT2D eigenvalue weighted by Gasteiger charge is -2.18. The van der Waals surface area contributed by atoms with Crippen molar-refractivity contribution in [3.05, 3.63) is 35.4 Å². The van der Waals surface area contributed by atoms with Gasteiger partial charge in [-0.3, -0.25) is 0 Å². The minimum Gasteiger partial charge on any atom is -0.394 e. The van der Waals surface area contributed by atoms with Crippen LogP contribution in [0.1, 0.15) is 37.7 Å². The molecule has 5 rings (SSSR count). The molecule has 0 radical (unpaired) electrons. The molecule has 1 aromatic carbocycles. The van der Waals surface area contributed by atoms with Gasteiger partial charge in [-0.05, 0) is 35.8 Å². The number of hydrogen-bond donors (Lipinski definition) is 5. The second-order valence-corrected chi connectivity index (χ2v) is 10.3. The van der Waals surface area contributed by atoms with Gasteiger partial charge in [-0.15, -0.1) is 9.89 Å². The van der Waals surface area contributed by atoms with Crippen molar-refractivity contribution in [3.8, 4) is 0 Å². The molecule has 2 aromatic heterocycles. The number of benzene rings is 1. The molecule has 1 unspecified atom stereocenters. The first-order chi connectivity index (χ1) is 17.9. The molecule has 0 bridgehead atoms. The van der Waals surface area contributed by atoms with Gasteiger partial charge in [-0.2, -0.15) is 4.98 Å². The molecule has 37 heavy (non-hydrogen) atoms. The number of fused-ring (bicyclic) bond motifs is 1. The Balaban J connectivity index is 1.37. The highest BCUT2D eigenvalue weighted by atomic mass is 32.2. The van der Waals surface area contributed by atoms with E-state index < -0.39 is 36.0 Å². The van der Waals surface area contributed by atoms with Crippen LogP contribution in [0.4, 0.5) is 14.6 Å². The lowest BCUT2D eigenvalue weighted by atomic mass is 10.1. The van der Waals surface area contributed by atoms with Crippen LogP contribution in [0, 0.1) is 11.6 Å². The smallest absolute Gasteiger partial charge is 0.207 e. The lowest BCUT2D eigenvalue weighted by Crippen LogP contribution is -2.39. The summed E-state index contributed by atoms with van der Waals surface area (Å²) in [5.41, 5.74) is 4.57. The Morgan fingerprint density at radius 1 is 1.14 bits per heavy atom. The number of aliphatic hydroxyl groups excluding tert-OH is 3. The Morgan fingerprint density at radius 3 is 2.73 bits per heavy atom. The second-order valence-electron chi connectivity index (χ2n) is 9.23. The molecule has 2 saturated carbocycles. The number of hydrogen-bond acceptors (Lipinski definition) is 11. The fourth-order valence-electron chi connectivity index (χ4n) is 4.53. The number of aromatic nitrogens is 5. The lowest BCUT2D eigenvalue weighted by molar-refractivity contribution is -0.0614. The summed E-state index contributed by atoms with van der Waals surface area (Å²) in [4.78, 5) is 10.6. The van der Waals surface area contributed by atoms with E-state index in [9.17, 15) is 19.0 Å². The Hall–Kier alpha value is -2.65. The standard InChI is InChI=1S/C23H29F2N7O4S/c1-2-7-37-23-27-21(26-15-9-12(15)11-3-4-13(24)14(25)8-11)18-22(28-23)32(31-29-18)30-16-10-17(36-6-5-33)20(35)19(16)34/h3-4,8,12,15-17,19-20,30,33-35H,2,5-7,9-10H2,1H3,(H,26,27,28)/t12-,15?,16+,17-,19-,20+/m0/s1. The van der Waals surface area contributed by atoms with Crippen LogP contribution in [0.2, 0.25) is 0 Å². The molecule has 2 aliphatic rings. The van der Waals surface area contributed by atoms with Crippen LogP contribution in [0.5, 0.6) is 0 Å². The minimum absolute atomic E-state index is 0.00556. The molecule has 3 aromatic rings. The third-order valence-corrected chi connectivity index (χ3v) is 7.59. The van der Waals surface area contributed by atoms with Gasteiger partial charge in [0.2, 0.25) is 5.65 Å². The van der Waals surface area contributed by atoms with E-state index in [2.05, 4.69) is 37.9 Å². The van der Waals surface area contributed by atoms with Crippen LogP contribution < -0.4 is 10.7 Å². The Morgan fingerprint density at radius 2 is 1.97 bits per heavy atom. The number of ether oxygens (including phenoxy) is 1. The normalized spacial score (nSPS) is 27.1. The highest BCUT2D eigenvalue weighted by molar-refractivity contribution is 7.99. The van der Waals surface area contributed by atoms with E-state index in [1.165, 1.54) is 22.6 Å². The van der Waals surface area contributed by atoms with Gasteiger partial charge in [0.05, 0.1) is 25.4 Å². The van der Waals surface area contributed by atoms with Gasteiger partial charge in [0.25, 0.3) is 0 Å². The van der Waals surface area contributed by atoms with Crippen molar-refractivity contribution in [2.24, 2.45) is 0 Å². The van der Waals surface area contributed by atoms with Crippen molar-refractivity contribution in [1.82, 2.24) is 25.1 Å². The average molecular weight is 538 g/mol. The van der Waals surface area contributed by atoms with Gasteiger partial charge in [-0.1, -0.05) is 24.8 Å². The molecule has 6 atom stereocenters. The molecule has 200 valence electrons. The molecular formula is C23H29F2N7O4S. The van der Waals surface area contributed by atoms with Gasteiger partial charge >= 0.3 is 0 Å². The highest BCUT2D eigenvalue weighted by Crippen LogP contribution is 2.43. The molecule has 0 saturated heterocycles. The van der Waals surface area contributed by atoms with E-state index in [1.54, 1.807) is 6.07 Å². The predicted octanol–water partition coefficient (Wildman–Crippen LogP) is 1.38. The first-order valence-corrected chi connectivity index (χ1v) is 13.2. The maximum Gasteiger partial charge on any atom is 0.207 e. The van der Waals surface area contributed by atoms with Crippen LogP contribution in [-0.4, -0.2) is 89.8 Å². The SMILES string of the molecule is CCCSc1nc(NC2C[C@H]2c2ccc(F)c(F)c2)c2nnn(N[C@@H]3C[C@H](OCCO)[C@@H](O)[C@H]3O)c2n1. The van der Waals surface area contributed by atoms with Gasteiger partial charge in [-0.25, -0.2) is 13.8 Å². The number of anilines is 1. The molecule has 11 nitrogen and oxygen atoms in total. The van der Waals surface area contributed by atoms with Crippen LogP contribution in [0.15, 0.2) is 23.4 Å². The largest absolute Gasteiger partial charge is 0.394 e. The monoisotopic (exact) mass is 537 g/mol. The summed E-state index contributed by atoms with van der Waals surface area (Å²) in [6.45, 7) is 1.92. The van der Waals surface area contributed by atoms with Gasteiger partial charge in [0.15, 0.2) is 28.1 Å². The predicted molar refractivity (Wildman–Crippen MR) is 132 cm³/mol. The number of nitrogens with zero attached hydrogens (tertiary/aromatic N) is 5. The summed E-state index contributed by atoms with van der Waals surface area (Å²) in [6, 6.07) is 3.30. The molecule has 2 aliphatic carbocycles. The maximum absolute atomic E-state index is 13.7. The van der Waals surface area contributed by atoms with Crippen molar-refractivity contribution in [2.75, 3.05) is 29.7 Å². The van der Waals surface area contributed by atoms with Crippen molar-refractivity contribution in [3.63, 3.8) is 0 Å². The topological polar surface area (TPSA) is 150 Å². The van der Waals surface area contributed by atoms with Crippen molar-refractivity contribution in [1.29, 1.82) is 0 Å². The fraction of sp³-hybridized carbons (Fsp3) is 0.565. The first kappa shape index (κ1) is 26.0. The van der Waals surface area contributed by atoms with E-state index in [0.29, 0.717) is 27.7 Å². The third kappa shape index (κ3) is 5.48. The van der Waals surface area contributed by atoms with Gasteiger partial charge in [0.1, 0.15) is 12.2 Å². The molecule has 2 fully saturated rings. The molecule has 0 aliphatic heterocycles. The van der Waals surface area contributed by atoms with Crippen LogP contribution >= 0.6 is 11.8 Å². The second kappa shape index (κ2) is 11.0. The van der Waals surface area contributed by atoms with E-state index in [4.69, 9.17) is 9.84 Å². The Bertz CT molecular complexity index is 1250. The summed E-state index contributed by atoms with van der Waals surface area (Å²) in [7, 11) is 0. The summed E-state index contributed by atoms with van der Waals surface area (Å²) < 4.78 is 32.5. The summed E-state index contributed by atoms with van der Waals surface area (Å²) >= 11 is 1.48. The quantitative estimate of drug-likeness (QED) is 0.178. The highest BCUT2D eigenvalue weighted by Gasteiger charge is 2.43. The zero-order chi connectivity index (χ0) is 26.1. The molecule has 0 amide bonds. The third-order valence-electron chi connectivity index (χ3n) is 6.54. The van der Waals surface area contributed by atoms with Crippen LogP contribution in [0.3, 0.4) is 0 Å². The molecule has 5 N–H and O–H groups in total. The van der Waals surface area contributed by atoms with Gasteiger partial charge in [0, 0.05) is 24.1 Å². The zero-order valence-corrected chi connectivity index (χ0v) is 20.9. The summed E-state index contributed by atoms with van der Waals surface area (Å²) in [6.07, 6.45) is -0.951. The number of nitrogens with one attached hydrogen (secondary N) is 2. The first-order valence-electron chi connectivity index (χ1n) is 12.2. The minimum atomic E-state index is -1.13. The van der Waals surface area contributed by atoms with Crippen molar-refractivity contribution >= 4 is 28.7 Å². The average Bonchev–Trinajstić information content (AvgIpc) is 3.46. The van der Waals surface area contributed by atoms with E-state index in [0.717, 1.165) is 24.7 Å². The van der Waals surface area contributed by atoms with Crippen LogP contribution in [0.25, 0.3) is 11.2 Å². The van der Waals surface area contributed by atoms with E-state index in [1.807, 2.05) is 0 Å². The Kier molecular flexibility index (Phi) is 7.72. The van der Waals surface area contributed by atoms with E-state index in [-0.39, 0.29) is 31.6 Å². The molecule has 14 heteroatoms. The van der Waals surface area contributed by atoms with Gasteiger partial charge < -0.3 is 30.8 Å². The number of rotatable bonds is 11. The number of aliphatic hydroxyl groups is 3. The van der Waals surface area contributed by atoms with Crippen molar-refractivity contribution in [2.45, 2.75) is 67.7 Å². The summed E-state index contributed by atoms with van der Waals surface area (Å²) in [5.74, 6) is -0.464. The van der Waals surface area contributed by atoms with Crippen molar-refractivity contribution < 1.29 is 28.8 Å². The molecular weight excluding hydrogens is 508 g/mol. The van der Waals surface area contributed by atoms with E-state index >= 15 is 0 Å². The maximum atomic E-state index is 13.7. The fourth-order valence-corrected chi connectivity index (χ4v) is 5.22. The zero-order valence-electron chi connectivity index (χ0n) is 20.1. The molecule has 0 spiro atoms. The summed E-state index contributed by atoms with van der Waals surface area (Å²) in [5, 5.41) is 42.1. The molecule has 2 heterocycles. The number of thioether (sulfide) groups is 1. The van der Waals surface area contributed by atoms with Crippen LogP contribution in [-0.2, 0) is 4.74 Å².